The van der Waals surface area contributed by atoms with Gasteiger partial charge in [-0.25, -0.2) is 0 Å². The predicted molar refractivity (Wildman–Crippen MR) is 87.8 cm³/mol. The van der Waals surface area contributed by atoms with Crippen LogP contribution in [-0.4, -0.2) is 31.1 Å². The number of benzene rings is 2. The number of anilines is 1. The van der Waals surface area contributed by atoms with E-state index in [0.29, 0.717) is 0 Å². The van der Waals surface area contributed by atoms with Crippen LogP contribution in [0.1, 0.15) is 11.7 Å². The second kappa shape index (κ2) is 5.72. The van der Waals surface area contributed by atoms with Crippen LogP contribution < -0.4 is 10.6 Å². The van der Waals surface area contributed by atoms with Gasteiger partial charge < -0.3 is 10.6 Å². The second-order valence-corrected chi connectivity index (χ2v) is 6.55. The van der Waals surface area contributed by atoms with Crippen LogP contribution in [-0.2, 0) is 0 Å². The molecule has 108 valence electrons. The van der Waals surface area contributed by atoms with Gasteiger partial charge in [0.05, 0.1) is 0 Å². The van der Waals surface area contributed by atoms with Crippen molar-refractivity contribution in [3.63, 3.8) is 0 Å². The average Bonchev–Trinajstić information content (AvgIpc) is 2.72. The Morgan fingerprint density at radius 2 is 1.62 bits per heavy atom. The maximum Gasteiger partial charge on any atom is 0.107 e. The number of nitrogens with zero attached hydrogens (tertiary/aromatic N) is 1. The molecular formula is C17H19N3S. The molecule has 1 saturated heterocycles. The number of nitrogens with one attached hydrogen (secondary N) is 2. The van der Waals surface area contributed by atoms with Crippen molar-refractivity contribution in [3.05, 3.63) is 54.1 Å². The normalized spacial score (nSPS) is 21.8. The van der Waals surface area contributed by atoms with Crippen LogP contribution in [0, 0.1) is 0 Å². The molecule has 4 heteroatoms. The zero-order valence-corrected chi connectivity index (χ0v) is 12.7. The summed E-state index contributed by atoms with van der Waals surface area (Å²) in [5.74, 6) is 0. The fraction of sp³-hybridized carbons (Fsp3) is 0.294. The number of hydrogen-bond acceptors (Lipinski definition) is 4. The van der Waals surface area contributed by atoms with Crippen LogP contribution in [0.4, 0.5) is 5.69 Å². The number of piperazine rings is 1. The van der Waals surface area contributed by atoms with Crippen molar-refractivity contribution in [2.45, 2.75) is 16.0 Å². The molecule has 2 N–H and O–H groups in total. The second-order valence-electron chi connectivity index (χ2n) is 5.47. The third-order valence-corrected chi connectivity index (χ3v) is 5.30. The highest BCUT2D eigenvalue weighted by Crippen LogP contribution is 2.42. The number of rotatable bonds is 1. The van der Waals surface area contributed by atoms with E-state index in [1.807, 2.05) is 11.8 Å². The summed E-state index contributed by atoms with van der Waals surface area (Å²) in [4.78, 5) is 5.21. The lowest BCUT2D eigenvalue weighted by atomic mass is 10.1. The van der Waals surface area contributed by atoms with E-state index >= 15 is 0 Å². The molecule has 3 nitrogen and oxygen atoms in total. The maximum atomic E-state index is 3.76. The van der Waals surface area contributed by atoms with E-state index in [0.717, 1.165) is 26.2 Å². The summed E-state index contributed by atoms with van der Waals surface area (Å²) in [6, 6.07) is 17.4. The van der Waals surface area contributed by atoms with Gasteiger partial charge in [-0.1, -0.05) is 42.1 Å². The van der Waals surface area contributed by atoms with Crippen LogP contribution in [0.2, 0.25) is 0 Å². The Balaban J connectivity index is 1.78. The van der Waals surface area contributed by atoms with Crippen molar-refractivity contribution in [3.8, 4) is 0 Å². The Kier molecular flexibility index (Phi) is 3.59. The van der Waals surface area contributed by atoms with Crippen molar-refractivity contribution >= 4 is 17.4 Å². The van der Waals surface area contributed by atoms with Crippen molar-refractivity contribution < 1.29 is 0 Å². The van der Waals surface area contributed by atoms with Gasteiger partial charge in [-0.15, -0.1) is 0 Å². The van der Waals surface area contributed by atoms with Crippen molar-refractivity contribution in [2.75, 3.05) is 31.5 Å². The summed E-state index contributed by atoms with van der Waals surface area (Å²) >= 11 is 1.87. The number of hydrogen-bond donors (Lipinski definition) is 2. The van der Waals surface area contributed by atoms with Crippen LogP contribution in [0.5, 0.6) is 0 Å². The summed E-state index contributed by atoms with van der Waals surface area (Å²) < 4.78 is 0. The van der Waals surface area contributed by atoms with E-state index in [4.69, 9.17) is 0 Å². The molecule has 2 aromatic carbocycles. The standard InChI is InChI=1S/C17H19N3S/c1-3-7-15-13(5-1)17(20-11-9-18-10-12-20)19-14-6-2-4-8-16(14)21-15/h1-8,17-19H,9-12H2. The average molecular weight is 297 g/mol. The van der Waals surface area contributed by atoms with Crippen molar-refractivity contribution in [1.29, 1.82) is 0 Å². The summed E-state index contributed by atoms with van der Waals surface area (Å²) in [6.45, 7) is 4.29. The lowest BCUT2D eigenvalue weighted by Crippen LogP contribution is -2.47. The molecule has 2 heterocycles. The summed E-state index contributed by atoms with van der Waals surface area (Å²) in [5, 5.41) is 7.20. The summed E-state index contributed by atoms with van der Waals surface area (Å²) in [7, 11) is 0. The molecule has 0 spiro atoms. The highest BCUT2D eigenvalue weighted by Gasteiger charge is 2.27. The molecule has 0 bridgehead atoms. The van der Waals surface area contributed by atoms with E-state index < -0.39 is 0 Å². The van der Waals surface area contributed by atoms with Crippen molar-refractivity contribution in [2.24, 2.45) is 0 Å². The van der Waals surface area contributed by atoms with E-state index in [9.17, 15) is 0 Å². The molecule has 2 aliphatic heterocycles. The zero-order chi connectivity index (χ0) is 14.1. The highest BCUT2D eigenvalue weighted by molar-refractivity contribution is 7.99. The van der Waals surface area contributed by atoms with Crippen molar-refractivity contribution in [1.82, 2.24) is 10.2 Å². The minimum Gasteiger partial charge on any atom is -0.365 e. The van der Waals surface area contributed by atoms with Gasteiger partial charge >= 0.3 is 0 Å². The first-order chi connectivity index (χ1) is 10.4. The molecule has 0 saturated carbocycles. The predicted octanol–water partition coefficient (Wildman–Crippen LogP) is 3.17. The summed E-state index contributed by atoms with van der Waals surface area (Å²) in [6.07, 6.45) is 0.263. The van der Waals surface area contributed by atoms with E-state index in [2.05, 4.69) is 64.1 Å². The Morgan fingerprint density at radius 1 is 0.905 bits per heavy atom. The minimum absolute atomic E-state index is 0.263. The van der Waals surface area contributed by atoms with Crippen LogP contribution in [0.15, 0.2) is 58.3 Å². The third-order valence-electron chi connectivity index (χ3n) is 4.13. The molecule has 0 radical (unpaired) electrons. The number of fused-ring (bicyclic) bond motifs is 2. The minimum atomic E-state index is 0.263. The third kappa shape index (κ3) is 2.55. The number of para-hydroxylation sites is 1. The van der Waals surface area contributed by atoms with Crippen LogP contribution >= 0.6 is 11.8 Å². The van der Waals surface area contributed by atoms with Gasteiger partial charge in [0.1, 0.15) is 6.17 Å². The molecule has 0 amide bonds. The fourth-order valence-corrected chi connectivity index (χ4v) is 4.11. The Morgan fingerprint density at radius 3 is 2.48 bits per heavy atom. The summed E-state index contributed by atoms with van der Waals surface area (Å²) in [5.41, 5.74) is 2.63. The molecule has 0 aromatic heterocycles. The van der Waals surface area contributed by atoms with E-state index in [1.165, 1.54) is 21.0 Å². The highest BCUT2D eigenvalue weighted by atomic mass is 32.2. The SMILES string of the molecule is c1ccc2c(c1)NC(N1CCNCC1)c1ccccc1S2. The Labute approximate surface area is 129 Å². The molecule has 1 unspecified atom stereocenters. The lowest BCUT2D eigenvalue weighted by Gasteiger charge is -2.36. The Bertz CT molecular complexity index is 637. The van der Waals surface area contributed by atoms with Crippen LogP contribution in [0.3, 0.4) is 0 Å². The van der Waals surface area contributed by atoms with E-state index in [1.54, 1.807) is 0 Å². The fourth-order valence-electron chi connectivity index (χ4n) is 3.05. The molecule has 2 aliphatic rings. The van der Waals surface area contributed by atoms with Gasteiger partial charge in [-0.2, -0.15) is 0 Å². The molecule has 1 fully saturated rings. The first kappa shape index (κ1) is 13.2. The first-order valence-electron chi connectivity index (χ1n) is 7.49. The Hall–Kier alpha value is -1.49. The smallest absolute Gasteiger partial charge is 0.107 e. The van der Waals surface area contributed by atoms with Gasteiger partial charge in [0.2, 0.25) is 0 Å². The molecule has 0 aliphatic carbocycles. The van der Waals surface area contributed by atoms with Gasteiger partial charge in [-0.3, -0.25) is 4.90 Å². The topological polar surface area (TPSA) is 27.3 Å². The van der Waals surface area contributed by atoms with Gasteiger partial charge in [-0.05, 0) is 18.2 Å². The molecule has 2 aromatic rings. The zero-order valence-electron chi connectivity index (χ0n) is 11.9. The molecule has 4 rings (SSSR count). The van der Waals surface area contributed by atoms with Gasteiger partial charge in [0.25, 0.3) is 0 Å². The van der Waals surface area contributed by atoms with Gasteiger partial charge in [0, 0.05) is 47.2 Å². The lowest BCUT2D eigenvalue weighted by molar-refractivity contribution is 0.189. The molecule has 1 atom stereocenters. The monoisotopic (exact) mass is 297 g/mol. The molecular weight excluding hydrogens is 278 g/mol. The molecule has 21 heavy (non-hydrogen) atoms. The maximum absolute atomic E-state index is 3.76. The first-order valence-corrected chi connectivity index (χ1v) is 8.30. The van der Waals surface area contributed by atoms with E-state index in [-0.39, 0.29) is 6.17 Å². The largest absolute Gasteiger partial charge is 0.365 e. The quantitative estimate of drug-likeness (QED) is 0.845. The van der Waals surface area contributed by atoms with Gasteiger partial charge in [0.15, 0.2) is 0 Å². The van der Waals surface area contributed by atoms with Crippen LogP contribution in [0.25, 0.3) is 0 Å².